The smallest absolute Gasteiger partial charge is 0.315 e. The zero-order valence-electron chi connectivity index (χ0n) is 12.6. The van der Waals surface area contributed by atoms with Gasteiger partial charge in [-0.2, -0.15) is 0 Å². The molecule has 6 heteroatoms. The van der Waals surface area contributed by atoms with Gasteiger partial charge >= 0.3 is 5.97 Å². The lowest BCUT2D eigenvalue weighted by atomic mass is 10.1. The van der Waals surface area contributed by atoms with Crippen molar-refractivity contribution >= 4 is 23.5 Å². The third kappa shape index (κ3) is 6.07. The lowest BCUT2D eigenvalue weighted by Gasteiger charge is -2.20. The first-order valence-corrected chi connectivity index (χ1v) is 6.50. The highest BCUT2D eigenvalue weighted by molar-refractivity contribution is 6.02. The highest BCUT2D eigenvalue weighted by atomic mass is 16.5. The van der Waals surface area contributed by atoms with Gasteiger partial charge in [0, 0.05) is 16.8 Å². The number of esters is 1. The molecule has 2 N–H and O–H groups in total. The lowest BCUT2D eigenvalue weighted by Crippen LogP contribution is -2.40. The number of ether oxygens (including phenoxy) is 1. The summed E-state index contributed by atoms with van der Waals surface area (Å²) >= 11 is 0. The van der Waals surface area contributed by atoms with Crippen LogP contribution in [-0.2, 0) is 14.3 Å². The molecule has 1 rings (SSSR count). The van der Waals surface area contributed by atoms with E-state index in [1.165, 1.54) is 7.11 Å². The van der Waals surface area contributed by atoms with Crippen LogP contribution in [0.1, 0.15) is 37.6 Å². The SMILES string of the molecule is COC(=O)CC(=O)Nc1ccc(C(=O)NC(C)(C)C)cc1. The van der Waals surface area contributed by atoms with Crippen LogP contribution in [0.2, 0.25) is 0 Å². The van der Waals surface area contributed by atoms with Gasteiger partial charge in [0.15, 0.2) is 0 Å². The van der Waals surface area contributed by atoms with E-state index in [-0.39, 0.29) is 17.9 Å². The van der Waals surface area contributed by atoms with Gasteiger partial charge in [-0.15, -0.1) is 0 Å². The fourth-order valence-electron chi connectivity index (χ4n) is 1.53. The molecule has 0 aliphatic heterocycles. The molecule has 0 spiro atoms. The number of nitrogens with one attached hydrogen (secondary N) is 2. The summed E-state index contributed by atoms with van der Waals surface area (Å²) in [6.45, 7) is 5.69. The predicted octanol–water partition coefficient (Wildman–Crippen LogP) is 1.72. The van der Waals surface area contributed by atoms with E-state index in [1.54, 1.807) is 24.3 Å². The Balaban J connectivity index is 2.64. The number of rotatable bonds is 4. The van der Waals surface area contributed by atoms with Gasteiger partial charge in [0.25, 0.3) is 5.91 Å². The topological polar surface area (TPSA) is 84.5 Å². The predicted molar refractivity (Wildman–Crippen MR) is 78.9 cm³/mol. The van der Waals surface area contributed by atoms with Gasteiger partial charge < -0.3 is 15.4 Å². The first-order valence-electron chi connectivity index (χ1n) is 6.50. The molecule has 0 unspecified atom stereocenters. The van der Waals surface area contributed by atoms with Crippen molar-refractivity contribution in [2.75, 3.05) is 12.4 Å². The number of hydrogen-bond donors (Lipinski definition) is 2. The Labute approximate surface area is 123 Å². The van der Waals surface area contributed by atoms with E-state index in [2.05, 4.69) is 15.4 Å². The fourth-order valence-corrected chi connectivity index (χ4v) is 1.53. The zero-order valence-corrected chi connectivity index (χ0v) is 12.6. The molecule has 6 nitrogen and oxygen atoms in total. The van der Waals surface area contributed by atoms with Crippen molar-refractivity contribution in [1.82, 2.24) is 5.32 Å². The number of carbonyl (C=O) groups excluding carboxylic acids is 3. The Morgan fingerprint density at radius 2 is 1.67 bits per heavy atom. The molecular weight excluding hydrogens is 272 g/mol. The number of hydrogen-bond acceptors (Lipinski definition) is 4. The summed E-state index contributed by atoms with van der Waals surface area (Å²) in [6.07, 6.45) is -0.344. The minimum Gasteiger partial charge on any atom is -0.469 e. The summed E-state index contributed by atoms with van der Waals surface area (Å²) in [7, 11) is 1.22. The number of methoxy groups -OCH3 is 1. The van der Waals surface area contributed by atoms with Crippen molar-refractivity contribution in [3.8, 4) is 0 Å². The summed E-state index contributed by atoms with van der Waals surface area (Å²) in [5.41, 5.74) is 0.692. The van der Waals surface area contributed by atoms with Crippen molar-refractivity contribution in [1.29, 1.82) is 0 Å². The van der Waals surface area contributed by atoms with E-state index in [0.717, 1.165) is 0 Å². The second-order valence-electron chi connectivity index (χ2n) is 5.58. The van der Waals surface area contributed by atoms with Crippen molar-refractivity contribution in [3.63, 3.8) is 0 Å². The van der Waals surface area contributed by atoms with Crippen LogP contribution in [0.3, 0.4) is 0 Å². The second-order valence-corrected chi connectivity index (χ2v) is 5.58. The number of carbonyl (C=O) groups is 3. The number of anilines is 1. The van der Waals surface area contributed by atoms with Crippen LogP contribution in [0.25, 0.3) is 0 Å². The van der Waals surface area contributed by atoms with Crippen LogP contribution >= 0.6 is 0 Å². The first kappa shape index (κ1) is 16.7. The second kappa shape index (κ2) is 6.88. The molecule has 0 atom stereocenters. The molecule has 0 aromatic heterocycles. The van der Waals surface area contributed by atoms with Crippen molar-refractivity contribution < 1.29 is 19.1 Å². The molecule has 0 bridgehead atoms. The van der Waals surface area contributed by atoms with E-state index in [1.807, 2.05) is 20.8 Å². The number of amides is 2. The third-order valence-corrected chi connectivity index (χ3v) is 2.45. The van der Waals surface area contributed by atoms with Crippen LogP contribution in [0.5, 0.6) is 0 Å². The Hall–Kier alpha value is -2.37. The Kier molecular flexibility index (Phi) is 5.46. The zero-order chi connectivity index (χ0) is 16.0. The Morgan fingerprint density at radius 3 is 2.14 bits per heavy atom. The molecule has 0 saturated carbocycles. The molecule has 0 aliphatic carbocycles. The normalized spacial score (nSPS) is 10.7. The molecule has 1 aromatic carbocycles. The molecule has 0 radical (unpaired) electrons. The molecule has 0 fully saturated rings. The highest BCUT2D eigenvalue weighted by Crippen LogP contribution is 2.11. The maximum absolute atomic E-state index is 11.9. The van der Waals surface area contributed by atoms with Crippen LogP contribution < -0.4 is 10.6 Å². The lowest BCUT2D eigenvalue weighted by molar-refractivity contribution is -0.142. The fraction of sp³-hybridized carbons (Fsp3) is 0.400. The average Bonchev–Trinajstić information content (AvgIpc) is 2.37. The maximum atomic E-state index is 11.9. The van der Waals surface area contributed by atoms with Crippen molar-refractivity contribution in [2.45, 2.75) is 32.7 Å². The van der Waals surface area contributed by atoms with Gasteiger partial charge in [-0.25, -0.2) is 0 Å². The highest BCUT2D eigenvalue weighted by Gasteiger charge is 2.15. The minimum absolute atomic E-state index is 0.185. The minimum atomic E-state index is -0.603. The van der Waals surface area contributed by atoms with E-state index in [9.17, 15) is 14.4 Å². The summed E-state index contributed by atoms with van der Waals surface area (Å²) in [5, 5.41) is 5.39. The van der Waals surface area contributed by atoms with Crippen molar-refractivity contribution in [2.24, 2.45) is 0 Å². The largest absolute Gasteiger partial charge is 0.469 e. The monoisotopic (exact) mass is 292 g/mol. The summed E-state index contributed by atoms with van der Waals surface area (Å²) < 4.78 is 4.40. The van der Waals surface area contributed by atoms with Crippen molar-refractivity contribution in [3.05, 3.63) is 29.8 Å². The third-order valence-electron chi connectivity index (χ3n) is 2.45. The molecule has 2 amide bonds. The molecular formula is C15H20N2O4. The van der Waals surface area contributed by atoms with E-state index in [4.69, 9.17) is 0 Å². The summed E-state index contributed by atoms with van der Waals surface area (Å²) in [4.78, 5) is 34.4. The van der Waals surface area contributed by atoms with Gasteiger partial charge in [0.1, 0.15) is 6.42 Å². The first-order chi connectivity index (χ1) is 9.71. The Morgan fingerprint density at radius 1 is 1.10 bits per heavy atom. The quantitative estimate of drug-likeness (QED) is 0.653. The summed E-state index contributed by atoms with van der Waals surface area (Å²) in [6, 6.07) is 6.42. The van der Waals surface area contributed by atoms with Gasteiger partial charge in [0.05, 0.1) is 7.11 Å². The Bertz CT molecular complexity index is 530. The van der Waals surface area contributed by atoms with Crippen LogP contribution in [0.4, 0.5) is 5.69 Å². The van der Waals surface area contributed by atoms with E-state index >= 15 is 0 Å². The molecule has 0 heterocycles. The standard InChI is InChI=1S/C15H20N2O4/c1-15(2,3)17-14(20)10-5-7-11(8-6-10)16-12(18)9-13(19)21-4/h5-8H,9H2,1-4H3,(H,16,18)(H,17,20). The average molecular weight is 292 g/mol. The molecule has 0 saturated heterocycles. The van der Waals surface area contributed by atoms with Gasteiger partial charge in [-0.1, -0.05) is 0 Å². The van der Waals surface area contributed by atoms with Gasteiger partial charge in [-0.05, 0) is 45.0 Å². The molecule has 0 aliphatic rings. The van der Waals surface area contributed by atoms with E-state index < -0.39 is 11.9 Å². The maximum Gasteiger partial charge on any atom is 0.315 e. The van der Waals surface area contributed by atoms with E-state index in [0.29, 0.717) is 11.3 Å². The molecule has 114 valence electrons. The van der Waals surface area contributed by atoms with Gasteiger partial charge in [-0.3, -0.25) is 14.4 Å². The van der Waals surface area contributed by atoms with Gasteiger partial charge in [0.2, 0.25) is 5.91 Å². The van der Waals surface area contributed by atoms with Crippen LogP contribution in [0.15, 0.2) is 24.3 Å². The van der Waals surface area contributed by atoms with Crippen LogP contribution in [-0.4, -0.2) is 30.4 Å². The van der Waals surface area contributed by atoms with Crippen LogP contribution in [0, 0.1) is 0 Å². The molecule has 21 heavy (non-hydrogen) atoms. The summed E-state index contributed by atoms with van der Waals surface area (Å²) in [5.74, 6) is -1.25. The molecule has 1 aromatic rings. The number of benzene rings is 1.